The second-order valence-corrected chi connectivity index (χ2v) is 8.24. The molecular formula is C27H30ClN7O3. The van der Waals surface area contributed by atoms with Crippen LogP contribution >= 0.6 is 12.4 Å². The van der Waals surface area contributed by atoms with Gasteiger partial charge in [-0.1, -0.05) is 18.2 Å². The van der Waals surface area contributed by atoms with Crippen LogP contribution in [0.25, 0.3) is 11.0 Å². The molecule has 198 valence electrons. The van der Waals surface area contributed by atoms with E-state index in [4.69, 9.17) is 15.6 Å². The standard InChI is InChI=1S/C27H29N7O3.ClH/c1-3-37-26(35)13-15-34(24-6-4-5-14-29-24)27(36)20-9-12-23-22(16-20)32-25(33(23)2)18-30-21-10-7-19(8-11-21)17-31-28;/h4-12,14,16-17,30H,3,13,15,18,28H2,1-2H3;1H. The Bertz CT molecular complexity index is 1410. The van der Waals surface area contributed by atoms with Crippen molar-refractivity contribution in [1.29, 1.82) is 0 Å². The molecule has 10 nitrogen and oxygen atoms in total. The Kier molecular flexibility index (Phi) is 9.78. The number of hydrogen-bond acceptors (Lipinski definition) is 8. The molecule has 2 heterocycles. The first-order chi connectivity index (χ1) is 18.0. The lowest BCUT2D eigenvalue weighted by atomic mass is 10.1. The molecule has 38 heavy (non-hydrogen) atoms. The maximum Gasteiger partial charge on any atom is 0.307 e. The summed E-state index contributed by atoms with van der Waals surface area (Å²) in [5.74, 6) is 5.85. The van der Waals surface area contributed by atoms with E-state index in [-0.39, 0.29) is 37.2 Å². The van der Waals surface area contributed by atoms with Crippen LogP contribution in [0, 0.1) is 0 Å². The fourth-order valence-electron chi connectivity index (χ4n) is 3.92. The van der Waals surface area contributed by atoms with Crippen LogP contribution in [-0.4, -0.2) is 45.8 Å². The van der Waals surface area contributed by atoms with E-state index in [1.54, 1.807) is 49.7 Å². The van der Waals surface area contributed by atoms with Gasteiger partial charge in [0.1, 0.15) is 11.6 Å². The average Bonchev–Trinajstić information content (AvgIpc) is 3.23. The van der Waals surface area contributed by atoms with Crippen LogP contribution in [0.1, 0.15) is 35.1 Å². The Morgan fingerprint density at radius 3 is 2.63 bits per heavy atom. The topological polar surface area (TPSA) is 128 Å². The molecule has 0 aliphatic rings. The van der Waals surface area contributed by atoms with Gasteiger partial charge in [0.2, 0.25) is 0 Å². The van der Waals surface area contributed by atoms with E-state index < -0.39 is 0 Å². The number of aromatic nitrogens is 3. The molecule has 4 aromatic rings. The third-order valence-corrected chi connectivity index (χ3v) is 5.82. The number of halogens is 1. The van der Waals surface area contributed by atoms with Gasteiger partial charge in [-0.2, -0.15) is 5.10 Å². The predicted molar refractivity (Wildman–Crippen MR) is 151 cm³/mol. The lowest BCUT2D eigenvalue weighted by molar-refractivity contribution is -0.142. The quantitative estimate of drug-likeness (QED) is 0.136. The number of pyridine rings is 1. The molecule has 3 N–H and O–H groups in total. The van der Waals surface area contributed by atoms with Crippen molar-refractivity contribution < 1.29 is 14.3 Å². The van der Waals surface area contributed by atoms with Crippen molar-refractivity contribution in [2.24, 2.45) is 18.0 Å². The van der Waals surface area contributed by atoms with E-state index in [1.165, 1.54) is 4.90 Å². The first-order valence-electron chi connectivity index (χ1n) is 11.9. The molecule has 2 aromatic carbocycles. The summed E-state index contributed by atoms with van der Waals surface area (Å²) in [5, 5.41) is 6.89. The van der Waals surface area contributed by atoms with E-state index in [1.807, 2.05) is 41.9 Å². The highest BCUT2D eigenvalue weighted by Crippen LogP contribution is 2.21. The number of nitrogens with one attached hydrogen (secondary N) is 1. The molecule has 1 amide bonds. The number of ether oxygens (including phenoxy) is 1. The first kappa shape index (κ1) is 28.1. The van der Waals surface area contributed by atoms with Crippen LogP contribution in [-0.2, 0) is 23.1 Å². The number of carbonyl (C=O) groups is 2. The summed E-state index contributed by atoms with van der Waals surface area (Å²) < 4.78 is 7.02. The molecule has 0 atom stereocenters. The van der Waals surface area contributed by atoms with Crippen LogP contribution in [0.15, 0.2) is 72.0 Å². The van der Waals surface area contributed by atoms with Crippen LogP contribution in [0.2, 0.25) is 0 Å². The van der Waals surface area contributed by atoms with Crippen LogP contribution in [0.4, 0.5) is 11.5 Å². The molecule has 2 aromatic heterocycles. The average molecular weight is 536 g/mol. The Labute approximate surface area is 226 Å². The number of fused-ring (bicyclic) bond motifs is 1. The zero-order valence-corrected chi connectivity index (χ0v) is 22.0. The highest BCUT2D eigenvalue weighted by Gasteiger charge is 2.21. The minimum absolute atomic E-state index is 0. The Balaban J connectivity index is 0.00000400. The van der Waals surface area contributed by atoms with Crippen molar-refractivity contribution in [2.75, 3.05) is 23.4 Å². The molecule has 0 saturated carbocycles. The van der Waals surface area contributed by atoms with Gasteiger partial charge in [0.25, 0.3) is 5.91 Å². The first-order valence-corrected chi connectivity index (χ1v) is 11.9. The fraction of sp³-hybridized carbons (Fsp3) is 0.222. The number of nitrogens with zero attached hydrogens (tertiary/aromatic N) is 5. The van der Waals surface area contributed by atoms with Crippen molar-refractivity contribution in [2.45, 2.75) is 19.9 Å². The number of nitrogens with two attached hydrogens (primary N) is 1. The smallest absolute Gasteiger partial charge is 0.307 e. The van der Waals surface area contributed by atoms with E-state index in [0.29, 0.717) is 30.0 Å². The molecule has 0 aliphatic carbocycles. The Hall–Kier alpha value is -4.44. The van der Waals surface area contributed by atoms with E-state index >= 15 is 0 Å². The molecule has 0 unspecified atom stereocenters. The largest absolute Gasteiger partial charge is 0.466 e. The highest BCUT2D eigenvalue weighted by atomic mass is 35.5. The van der Waals surface area contributed by atoms with Crippen molar-refractivity contribution in [3.05, 3.63) is 83.8 Å². The summed E-state index contributed by atoms with van der Waals surface area (Å²) in [6, 6.07) is 18.4. The molecule has 0 aliphatic heterocycles. The second-order valence-electron chi connectivity index (χ2n) is 8.24. The number of anilines is 2. The number of hydrogen-bond donors (Lipinski definition) is 2. The number of amides is 1. The lowest BCUT2D eigenvalue weighted by Crippen LogP contribution is -2.34. The molecule has 0 saturated heterocycles. The minimum Gasteiger partial charge on any atom is -0.466 e. The van der Waals surface area contributed by atoms with Gasteiger partial charge in [0.15, 0.2) is 0 Å². The number of hydrazone groups is 1. The van der Waals surface area contributed by atoms with Gasteiger partial charge in [0, 0.05) is 31.0 Å². The van der Waals surface area contributed by atoms with Crippen molar-refractivity contribution in [1.82, 2.24) is 14.5 Å². The van der Waals surface area contributed by atoms with Crippen LogP contribution < -0.4 is 16.1 Å². The van der Waals surface area contributed by atoms with Gasteiger partial charge in [-0.3, -0.25) is 14.5 Å². The van der Waals surface area contributed by atoms with Gasteiger partial charge < -0.3 is 20.5 Å². The summed E-state index contributed by atoms with van der Waals surface area (Å²) in [5.41, 5.74) is 3.90. The third kappa shape index (κ3) is 6.65. The monoisotopic (exact) mass is 535 g/mol. The molecule has 0 spiro atoms. The van der Waals surface area contributed by atoms with Crippen LogP contribution in [0.3, 0.4) is 0 Å². The molecule has 0 bridgehead atoms. The van der Waals surface area contributed by atoms with E-state index in [2.05, 4.69) is 15.4 Å². The maximum absolute atomic E-state index is 13.5. The summed E-state index contributed by atoms with van der Waals surface area (Å²) in [7, 11) is 1.94. The van der Waals surface area contributed by atoms with Gasteiger partial charge in [-0.05, 0) is 55.0 Å². The Morgan fingerprint density at radius 1 is 1.16 bits per heavy atom. The van der Waals surface area contributed by atoms with Crippen LogP contribution in [0.5, 0.6) is 0 Å². The number of benzene rings is 2. The number of aryl methyl sites for hydroxylation is 1. The predicted octanol–water partition coefficient (Wildman–Crippen LogP) is 3.89. The normalized spacial score (nSPS) is 10.8. The number of carbonyl (C=O) groups excluding carboxylic acids is 2. The zero-order chi connectivity index (χ0) is 26.2. The summed E-state index contributed by atoms with van der Waals surface area (Å²) in [6.45, 7) is 2.69. The van der Waals surface area contributed by atoms with E-state index in [9.17, 15) is 9.59 Å². The minimum atomic E-state index is -0.365. The molecule has 0 fully saturated rings. The van der Waals surface area contributed by atoms with Gasteiger partial charge >= 0.3 is 5.97 Å². The van der Waals surface area contributed by atoms with Crippen molar-refractivity contribution >= 4 is 53.0 Å². The maximum atomic E-state index is 13.5. The SMILES string of the molecule is CCOC(=O)CCN(C(=O)c1ccc2c(c1)nc(CNc1ccc(C=NN)cc1)n2C)c1ccccn1.Cl. The molecule has 4 rings (SSSR count). The highest BCUT2D eigenvalue weighted by molar-refractivity contribution is 6.07. The van der Waals surface area contributed by atoms with E-state index in [0.717, 1.165) is 22.6 Å². The number of esters is 1. The number of rotatable bonds is 10. The molecular weight excluding hydrogens is 506 g/mol. The van der Waals surface area contributed by atoms with Gasteiger partial charge in [-0.25, -0.2) is 9.97 Å². The van der Waals surface area contributed by atoms with Gasteiger partial charge in [-0.15, -0.1) is 12.4 Å². The third-order valence-electron chi connectivity index (χ3n) is 5.82. The summed E-state index contributed by atoms with van der Waals surface area (Å²) in [6.07, 6.45) is 3.26. The van der Waals surface area contributed by atoms with Crippen molar-refractivity contribution in [3.63, 3.8) is 0 Å². The second kappa shape index (κ2) is 13.2. The Morgan fingerprint density at radius 2 is 1.95 bits per heavy atom. The fourth-order valence-corrected chi connectivity index (χ4v) is 3.92. The zero-order valence-electron chi connectivity index (χ0n) is 21.2. The van der Waals surface area contributed by atoms with Crippen molar-refractivity contribution in [3.8, 4) is 0 Å². The lowest BCUT2D eigenvalue weighted by Gasteiger charge is -2.21. The molecule has 11 heteroatoms. The summed E-state index contributed by atoms with van der Waals surface area (Å²) in [4.78, 5) is 36.0. The summed E-state index contributed by atoms with van der Waals surface area (Å²) >= 11 is 0. The van der Waals surface area contributed by atoms with Gasteiger partial charge in [0.05, 0.1) is 36.8 Å². The molecule has 0 radical (unpaired) electrons. The number of imidazole rings is 1.